The number of halogens is 1. The highest BCUT2D eigenvalue weighted by atomic mass is 79.9. The Morgan fingerprint density at radius 3 is 2.78 bits per heavy atom. The summed E-state index contributed by atoms with van der Waals surface area (Å²) in [5, 5.41) is 6.49. The van der Waals surface area contributed by atoms with Gasteiger partial charge in [0.25, 0.3) is 0 Å². The summed E-state index contributed by atoms with van der Waals surface area (Å²) in [6.07, 6.45) is 1.72. The van der Waals surface area contributed by atoms with Gasteiger partial charge >= 0.3 is 5.69 Å². The molecule has 0 saturated carbocycles. The standard InChI is InChI=1S/C11H11BrN4OS/c1-2-3-13-11(18)16-7-5-9-8(4-6(7)12)14-10(17)15-9/h2,4-5H,1,3H2,(H2,13,16,18)(H2,14,15,17). The molecule has 4 N–H and O–H groups in total. The Kier molecular flexibility index (Phi) is 3.83. The van der Waals surface area contributed by atoms with Crippen molar-refractivity contribution in [3.63, 3.8) is 0 Å². The smallest absolute Gasteiger partial charge is 0.323 e. The van der Waals surface area contributed by atoms with E-state index in [0.29, 0.717) is 11.7 Å². The molecule has 0 amide bonds. The third-order valence-corrected chi connectivity index (χ3v) is 3.16. The highest BCUT2D eigenvalue weighted by Gasteiger charge is 2.06. The van der Waals surface area contributed by atoms with Gasteiger partial charge in [-0.05, 0) is 40.3 Å². The molecular weight excluding hydrogens is 316 g/mol. The first-order valence-electron chi connectivity index (χ1n) is 5.17. The average Bonchev–Trinajstić information content (AvgIpc) is 2.66. The Morgan fingerprint density at radius 1 is 1.44 bits per heavy atom. The number of imidazole rings is 1. The summed E-state index contributed by atoms with van der Waals surface area (Å²) < 4.78 is 0.813. The minimum Gasteiger partial charge on any atom is -0.359 e. The van der Waals surface area contributed by atoms with Gasteiger partial charge in [0, 0.05) is 11.0 Å². The van der Waals surface area contributed by atoms with E-state index in [1.807, 2.05) is 6.07 Å². The van der Waals surface area contributed by atoms with E-state index >= 15 is 0 Å². The number of nitrogens with one attached hydrogen (secondary N) is 4. The minimum atomic E-state index is -0.235. The van der Waals surface area contributed by atoms with Crippen LogP contribution in [0.3, 0.4) is 0 Å². The fourth-order valence-corrected chi connectivity index (χ4v) is 2.12. The first-order chi connectivity index (χ1) is 8.60. The average molecular weight is 327 g/mol. The Labute approximate surface area is 117 Å². The maximum Gasteiger partial charge on any atom is 0.323 e. The summed E-state index contributed by atoms with van der Waals surface area (Å²) in [5.74, 6) is 0. The van der Waals surface area contributed by atoms with Gasteiger partial charge in [0.15, 0.2) is 5.11 Å². The maximum absolute atomic E-state index is 11.2. The van der Waals surface area contributed by atoms with Crippen molar-refractivity contribution in [1.29, 1.82) is 0 Å². The summed E-state index contributed by atoms with van der Waals surface area (Å²) in [5.41, 5.74) is 2.00. The monoisotopic (exact) mass is 326 g/mol. The first-order valence-corrected chi connectivity index (χ1v) is 6.37. The number of anilines is 1. The van der Waals surface area contributed by atoms with Gasteiger partial charge in [-0.3, -0.25) is 0 Å². The van der Waals surface area contributed by atoms with Crippen LogP contribution in [-0.4, -0.2) is 21.6 Å². The summed E-state index contributed by atoms with van der Waals surface area (Å²) in [6, 6.07) is 3.62. The molecule has 0 fully saturated rings. The Morgan fingerprint density at radius 2 is 2.11 bits per heavy atom. The van der Waals surface area contributed by atoms with Crippen LogP contribution in [-0.2, 0) is 0 Å². The van der Waals surface area contributed by atoms with Crippen molar-refractivity contribution < 1.29 is 0 Å². The molecule has 0 aliphatic rings. The van der Waals surface area contributed by atoms with Crippen LogP contribution in [0.25, 0.3) is 11.0 Å². The molecule has 2 rings (SSSR count). The first kappa shape index (κ1) is 12.8. The topological polar surface area (TPSA) is 72.7 Å². The molecule has 5 nitrogen and oxygen atoms in total. The zero-order valence-electron chi connectivity index (χ0n) is 9.34. The molecule has 18 heavy (non-hydrogen) atoms. The molecule has 0 unspecified atom stereocenters. The van der Waals surface area contributed by atoms with Crippen molar-refractivity contribution in [2.75, 3.05) is 11.9 Å². The number of rotatable bonds is 3. The van der Waals surface area contributed by atoms with Gasteiger partial charge in [0.1, 0.15) is 0 Å². The molecular formula is C11H11BrN4OS. The molecule has 0 spiro atoms. The molecule has 7 heteroatoms. The highest BCUT2D eigenvalue weighted by Crippen LogP contribution is 2.26. The number of aromatic nitrogens is 2. The Hall–Kier alpha value is -1.60. The van der Waals surface area contributed by atoms with Crippen LogP contribution in [0.2, 0.25) is 0 Å². The lowest BCUT2D eigenvalue weighted by Gasteiger charge is -2.10. The van der Waals surface area contributed by atoms with Crippen LogP contribution in [0.5, 0.6) is 0 Å². The van der Waals surface area contributed by atoms with E-state index in [4.69, 9.17) is 12.2 Å². The van der Waals surface area contributed by atoms with E-state index in [-0.39, 0.29) is 5.69 Å². The zero-order valence-corrected chi connectivity index (χ0v) is 11.7. The van der Waals surface area contributed by atoms with Crippen molar-refractivity contribution in [2.24, 2.45) is 0 Å². The van der Waals surface area contributed by atoms with E-state index in [2.05, 4.69) is 43.1 Å². The number of thiocarbonyl (C=S) groups is 1. The van der Waals surface area contributed by atoms with E-state index < -0.39 is 0 Å². The molecule has 1 heterocycles. The van der Waals surface area contributed by atoms with Gasteiger partial charge in [-0.2, -0.15) is 0 Å². The molecule has 94 valence electrons. The predicted octanol–water partition coefficient (Wildman–Crippen LogP) is 2.09. The number of aromatic amines is 2. The summed E-state index contributed by atoms with van der Waals surface area (Å²) in [4.78, 5) is 16.6. The summed E-state index contributed by atoms with van der Waals surface area (Å²) in [7, 11) is 0. The molecule has 0 bridgehead atoms. The molecule has 1 aromatic carbocycles. The fourth-order valence-electron chi connectivity index (χ4n) is 1.48. The SMILES string of the molecule is C=CCNC(=S)Nc1cc2[nH]c(=O)[nH]c2cc1Br. The van der Waals surface area contributed by atoms with Gasteiger partial charge in [-0.25, -0.2) is 4.79 Å². The molecule has 0 aliphatic carbocycles. The van der Waals surface area contributed by atoms with Crippen LogP contribution in [0.1, 0.15) is 0 Å². The van der Waals surface area contributed by atoms with Crippen LogP contribution >= 0.6 is 28.1 Å². The molecule has 0 saturated heterocycles. The molecule has 0 aliphatic heterocycles. The molecule has 2 aromatic rings. The second-order valence-corrected chi connectivity index (χ2v) is 4.84. The van der Waals surface area contributed by atoms with Crippen molar-refractivity contribution in [3.8, 4) is 0 Å². The maximum atomic E-state index is 11.2. The van der Waals surface area contributed by atoms with Gasteiger partial charge in [-0.15, -0.1) is 6.58 Å². The molecule has 0 radical (unpaired) electrons. The lowest BCUT2D eigenvalue weighted by atomic mass is 10.3. The van der Waals surface area contributed by atoms with Crippen molar-refractivity contribution in [3.05, 3.63) is 39.7 Å². The van der Waals surface area contributed by atoms with Crippen LogP contribution in [0, 0.1) is 0 Å². The summed E-state index contributed by atoms with van der Waals surface area (Å²) >= 11 is 8.54. The van der Waals surface area contributed by atoms with Gasteiger partial charge in [0.05, 0.1) is 16.7 Å². The van der Waals surface area contributed by atoms with Crippen molar-refractivity contribution in [1.82, 2.24) is 15.3 Å². The van der Waals surface area contributed by atoms with Gasteiger partial charge in [-0.1, -0.05) is 6.08 Å². The van der Waals surface area contributed by atoms with Crippen LogP contribution < -0.4 is 16.3 Å². The van der Waals surface area contributed by atoms with Crippen molar-refractivity contribution >= 4 is 50.0 Å². The number of hydrogen-bond donors (Lipinski definition) is 4. The van der Waals surface area contributed by atoms with E-state index in [1.165, 1.54) is 0 Å². The van der Waals surface area contributed by atoms with E-state index in [1.54, 1.807) is 12.1 Å². The van der Waals surface area contributed by atoms with Crippen molar-refractivity contribution in [2.45, 2.75) is 0 Å². The lowest BCUT2D eigenvalue weighted by molar-refractivity contribution is 1.06. The molecule has 1 aromatic heterocycles. The van der Waals surface area contributed by atoms with E-state index in [9.17, 15) is 4.79 Å². The van der Waals surface area contributed by atoms with Crippen LogP contribution in [0.4, 0.5) is 5.69 Å². The quantitative estimate of drug-likeness (QED) is 0.515. The summed E-state index contributed by atoms with van der Waals surface area (Å²) in [6.45, 7) is 4.19. The van der Waals surface area contributed by atoms with E-state index in [0.717, 1.165) is 21.2 Å². The minimum absolute atomic E-state index is 0.235. The number of benzene rings is 1. The third-order valence-electron chi connectivity index (χ3n) is 2.26. The third kappa shape index (κ3) is 2.80. The Bertz CT molecular complexity index is 661. The highest BCUT2D eigenvalue weighted by molar-refractivity contribution is 9.10. The van der Waals surface area contributed by atoms with Gasteiger partial charge in [0.2, 0.25) is 0 Å². The second-order valence-electron chi connectivity index (χ2n) is 3.58. The fraction of sp³-hybridized carbons (Fsp3) is 0.0909. The number of fused-ring (bicyclic) bond motifs is 1. The predicted molar refractivity (Wildman–Crippen MR) is 81.0 cm³/mol. The largest absolute Gasteiger partial charge is 0.359 e. The van der Waals surface area contributed by atoms with Crippen LogP contribution in [0.15, 0.2) is 34.1 Å². The van der Waals surface area contributed by atoms with Gasteiger partial charge < -0.3 is 20.6 Å². The lowest BCUT2D eigenvalue weighted by Crippen LogP contribution is -2.28. The Balaban J connectivity index is 2.27. The normalized spacial score (nSPS) is 10.3. The number of hydrogen-bond acceptors (Lipinski definition) is 2. The number of H-pyrrole nitrogens is 2. The molecule has 0 atom stereocenters. The second kappa shape index (κ2) is 5.36. The zero-order chi connectivity index (χ0) is 13.1.